The van der Waals surface area contributed by atoms with Crippen LogP contribution in [0.2, 0.25) is 0 Å². The maximum absolute atomic E-state index is 11.9. The molecule has 19 heavy (non-hydrogen) atoms. The molecule has 0 aliphatic heterocycles. The highest BCUT2D eigenvalue weighted by Gasteiger charge is 2.01. The Hall–Kier alpha value is -1.81. The molecule has 4 nitrogen and oxygen atoms in total. The molecule has 1 N–H and O–H groups in total. The quantitative estimate of drug-likeness (QED) is 0.771. The van der Waals surface area contributed by atoms with Crippen LogP contribution in [0.3, 0.4) is 0 Å². The largest absolute Gasteiger partial charge is 0.328 e. The first kappa shape index (κ1) is 13.6. The highest BCUT2D eigenvalue weighted by Crippen LogP contribution is 1.96. The van der Waals surface area contributed by atoms with Gasteiger partial charge in [0.05, 0.1) is 0 Å². The van der Waals surface area contributed by atoms with Gasteiger partial charge in [0, 0.05) is 38.6 Å². The molecule has 0 amide bonds. The summed E-state index contributed by atoms with van der Waals surface area (Å²) in [5, 5.41) is 3.35. The highest BCUT2D eigenvalue weighted by atomic mass is 16.1. The molecule has 4 heteroatoms. The van der Waals surface area contributed by atoms with Crippen molar-refractivity contribution in [1.29, 1.82) is 0 Å². The molecule has 1 aromatic carbocycles. The zero-order valence-electron chi connectivity index (χ0n) is 11.4. The average molecular weight is 259 g/mol. The van der Waals surface area contributed by atoms with Crippen molar-refractivity contribution in [2.75, 3.05) is 6.54 Å². The number of nitrogens with zero attached hydrogens (tertiary/aromatic N) is 2. The molecule has 0 radical (unpaired) electrons. The van der Waals surface area contributed by atoms with Crippen molar-refractivity contribution < 1.29 is 0 Å². The van der Waals surface area contributed by atoms with E-state index in [2.05, 4.69) is 24.4 Å². The van der Waals surface area contributed by atoms with Crippen LogP contribution in [0.25, 0.3) is 0 Å². The number of nitrogens with one attached hydrogen (secondary N) is 1. The molecule has 0 unspecified atom stereocenters. The van der Waals surface area contributed by atoms with E-state index < -0.39 is 0 Å². The van der Waals surface area contributed by atoms with Crippen LogP contribution < -0.4 is 11.0 Å². The van der Waals surface area contributed by atoms with Crippen LogP contribution in [0.4, 0.5) is 0 Å². The van der Waals surface area contributed by atoms with Crippen molar-refractivity contribution in [3.63, 3.8) is 0 Å². The molecular formula is C15H21N3O. The van der Waals surface area contributed by atoms with Gasteiger partial charge in [0.2, 0.25) is 0 Å². The van der Waals surface area contributed by atoms with Crippen LogP contribution in [-0.2, 0) is 19.6 Å². The summed E-state index contributed by atoms with van der Waals surface area (Å²) in [4.78, 5) is 11.9. The SMILES string of the molecule is CCCn1ccn(CCNCc2ccccc2)c1=O. The second-order valence-corrected chi connectivity index (χ2v) is 4.63. The lowest BCUT2D eigenvalue weighted by molar-refractivity contribution is 0.562. The van der Waals surface area contributed by atoms with Gasteiger partial charge in [0.25, 0.3) is 0 Å². The van der Waals surface area contributed by atoms with Crippen LogP contribution in [0.5, 0.6) is 0 Å². The first-order chi connectivity index (χ1) is 9.31. The monoisotopic (exact) mass is 259 g/mol. The predicted octanol–water partition coefficient (Wildman–Crippen LogP) is 1.85. The van der Waals surface area contributed by atoms with Crippen LogP contribution in [0, 0.1) is 0 Å². The maximum atomic E-state index is 11.9. The lowest BCUT2D eigenvalue weighted by atomic mass is 10.2. The molecule has 0 saturated carbocycles. The Morgan fingerprint density at radius 2 is 1.74 bits per heavy atom. The third-order valence-electron chi connectivity index (χ3n) is 3.08. The van der Waals surface area contributed by atoms with E-state index in [-0.39, 0.29) is 5.69 Å². The molecule has 1 heterocycles. The van der Waals surface area contributed by atoms with Gasteiger partial charge in [-0.2, -0.15) is 0 Å². The Labute approximate surface area is 113 Å². The van der Waals surface area contributed by atoms with Crippen molar-refractivity contribution in [3.8, 4) is 0 Å². The van der Waals surface area contributed by atoms with Gasteiger partial charge in [-0.3, -0.25) is 9.13 Å². The van der Waals surface area contributed by atoms with E-state index in [0.29, 0.717) is 6.54 Å². The fourth-order valence-corrected chi connectivity index (χ4v) is 2.06. The summed E-state index contributed by atoms with van der Waals surface area (Å²) in [7, 11) is 0. The number of aryl methyl sites for hydroxylation is 1. The Bertz CT molecular complexity index is 542. The molecule has 0 atom stereocenters. The highest BCUT2D eigenvalue weighted by molar-refractivity contribution is 5.14. The van der Waals surface area contributed by atoms with Crippen molar-refractivity contribution in [3.05, 3.63) is 58.8 Å². The number of imidazole rings is 1. The summed E-state index contributed by atoms with van der Waals surface area (Å²) in [6, 6.07) is 10.3. The Balaban J connectivity index is 1.78. The van der Waals surface area contributed by atoms with E-state index in [9.17, 15) is 4.79 Å². The van der Waals surface area contributed by atoms with E-state index in [1.54, 1.807) is 9.13 Å². The summed E-state index contributed by atoms with van der Waals surface area (Å²) in [6.07, 6.45) is 4.71. The number of hydrogen-bond acceptors (Lipinski definition) is 2. The van der Waals surface area contributed by atoms with Gasteiger partial charge in [0.1, 0.15) is 0 Å². The van der Waals surface area contributed by atoms with Gasteiger partial charge in [0.15, 0.2) is 0 Å². The molecule has 0 aliphatic rings. The van der Waals surface area contributed by atoms with Crippen LogP contribution in [0.1, 0.15) is 18.9 Å². The molecule has 2 rings (SSSR count). The molecule has 0 fully saturated rings. The van der Waals surface area contributed by atoms with E-state index >= 15 is 0 Å². The van der Waals surface area contributed by atoms with E-state index in [1.165, 1.54) is 5.56 Å². The van der Waals surface area contributed by atoms with Gasteiger partial charge < -0.3 is 5.32 Å². The Morgan fingerprint density at radius 1 is 1.05 bits per heavy atom. The first-order valence-electron chi connectivity index (χ1n) is 6.81. The Morgan fingerprint density at radius 3 is 2.42 bits per heavy atom. The predicted molar refractivity (Wildman–Crippen MR) is 77.1 cm³/mol. The molecule has 2 aromatic rings. The zero-order chi connectivity index (χ0) is 13.5. The van der Waals surface area contributed by atoms with Gasteiger partial charge in [-0.05, 0) is 12.0 Å². The summed E-state index contributed by atoms with van der Waals surface area (Å²) in [5.74, 6) is 0. The molecule has 0 aliphatic carbocycles. The lowest BCUT2D eigenvalue weighted by Crippen LogP contribution is -2.28. The van der Waals surface area contributed by atoms with Gasteiger partial charge in [-0.25, -0.2) is 4.79 Å². The minimum absolute atomic E-state index is 0.0864. The second-order valence-electron chi connectivity index (χ2n) is 4.63. The molecule has 102 valence electrons. The maximum Gasteiger partial charge on any atom is 0.328 e. The smallest absolute Gasteiger partial charge is 0.311 e. The molecule has 1 aromatic heterocycles. The summed E-state index contributed by atoms with van der Waals surface area (Å²) in [5.41, 5.74) is 1.35. The molecule has 0 bridgehead atoms. The van der Waals surface area contributed by atoms with Gasteiger partial charge in [-0.1, -0.05) is 37.3 Å². The number of aromatic nitrogens is 2. The van der Waals surface area contributed by atoms with Crippen molar-refractivity contribution >= 4 is 0 Å². The minimum atomic E-state index is 0.0864. The van der Waals surface area contributed by atoms with Crippen molar-refractivity contribution in [1.82, 2.24) is 14.5 Å². The average Bonchev–Trinajstić information content (AvgIpc) is 2.78. The third-order valence-corrected chi connectivity index (χ3v) is 3.08. The standard InChI is InChI=1S/C15H21N3O/c1-2-9-17-11-12-18(15(17)19)10-8-16-13-14-6-4-3-5-7-14/h3-7,11-12,16H,2,8-10,13H2,1H3. The van der Waals surface area contributed by atoms with Crippen molar-refractivity contribution in [2.24, 2.45) is 0 Å². The summed E-state index contributed by atoms with van der Waals surface area (Å²) >= 11 is 0. The summed E-state index contributed by atoms with van der Waals surface area (Å²) in [6.45, 7) is 5.22. The Kier molecular flexibility index (Phi) is 4.98. The van der Waals surface area contributed by atoms with Crippen LogP contribution in [-0.4, -0.2) is 15.7 Å². The second kappa shape index (κ2) is 6.95. The van der Waals surface area contributed by atoms with Crippen LogP contribution in [0.15, 0.2) is 47.5 Å². The fourth-order valence-electron chi connectivity index (χ4n) is 2.06. The molecular weight excluding hydrogens is 238 g/mol. The van der Waals surface area contributed by atoms with Gasteiger partial charge >= 0.3 is 5.69 Å². The van der Waals surface area contributed by atoms with E-state index in [4.69, 9.17) is 0 Å². The first-order valence-corrected chi connectivity index (χ1v) is 6.81. The normalized spacial score (nSPS) is 10.8. The minimum Gasteiger partial charge on any atom is -0.311 e. The van der Waals surface area contributed by atoms with E-state index in [1.807, 2.05) is 30.6 Å². The van der Waals surface area contributed by atoms with Gasteiger partial charge in [-0.15, -0.1) is 0 Å². The fraction of sp³-hybridized carbons (Fsp3) is 0.400. The van der Waals surface area contributed by atoms with Crippen LogP contribution >= 0.6 is 0 Å². The van der Waals surface area contributed by atoms with E-state index in [0.717, 1.165) is 26.1 Å². The lowest BCUT2D eigenvalue weighted by Gasteiger charge is -2.05. The number of rotatable bonds is 7. The topological polar surface area (TPSA) is 39.0 Å². The third kappa shape index (κ3) is 3.83. The van der Waals surface area contributed by atoms with Crippen molar-refractivity contribution in [2.45, 2.75) is 33.0 Å². The number of hydrogen-bond donors (Lipinski definition) is 1. The molecule has 0 spiro atoms. The number of benzene rings is 1. The molecule has 0 saturated heterocycles. The zero-order valence-corrected chi connectivity index (χ0v) is 11.4. The summed E-state index contributed by atoms with van der Waals surface area (Å²) < 4.78 is 3.52.